The molecule has 94 valence electrons. The molecular formula is C16H10F2O. The lowest BCUT2D eigenvalue weighted by atomic mass is 9.98. The van der Waals surface area contributed by atoms with Crippen molar-refractivity contribution in [1.82, 2.24) is 0 Å². The molecule has 0 N–H and O–H groups in total. The molecule has 3 heteroatoms. The fraction of sp³-hybridized carbons (Fsp3) is 0.0625. The van der Waals surface area contributed by atoms with Gasteiger partial charge in [-0.2, -0.15) is 0 Å². The molecule has 0 saturated heterocycles. The highest BCUT2D eigenvalue weighted by Crippen LogP contribution is 2.30. The number of benzene rings is 3. The van der Waals surface area contributed by atoms with E-state index in [1.807, 2.05) is 6.07 Å². The van der Waals surface area contributed by atoms with E-state index in [1.54, 1.807) is 18.2 Å². The second-order valence-electron chi connectivity index (χ2n) is 4.51. The van der Waals surface area contributed by atoms with E-state index in [4.69, 9.17) is 0 Å². The van der Waals surface area contributed by atoms with E-state index in [0.29, 0.717) is 16.2 Å². The molecule has 3 aromatic rings. The largest absolute Gasteiger partial charge is 0.294 e. The Bertz CT molecular complexity index is 822. The monoisotopic (exact) mass is 256 g/mol. The van der Waals surface area contributed by atoms with Crippen LogP contribution in [0.5, 0.6) is 0 Å². The van der Waals surface area contributed by atoms with Crippen LogP contribution in [-0.2, 0) is 0 Å². The van der Waals surface area contributed by atoms with Crippen LogP contribution in [0.25, 0.3) is 21.5 Å². The van der Waals surface area contributed by atoms with Crippen molar-refractivity contribution >= 4 is 27.3 Å². The van der Waals surface area contributed by atoms with E-state index in [9.17, 15) is 13.6 Å². The number of carbonyl (C=O) groups excluding carboxylic acids is 1. The summed E-state index contributed by atoms with van der Waals surface area (Å²) in [5.74, 6) is -1.35. The van der Waals surface area contributed by atoms with Gasteiger partial charge in [-0.05, 0) is 41.3 Å². The fourth-order valence-corrected chi connectivity index (χ4v) is 2.35. The van der Waals surface area contributed by atoms with Crippen molar-refractivity contribution in [2.75, 3.05) is 0 Å². The summed E-state index contributed by atoms with van der Waals surface area (Å²) in [4.78, 5) is 11.4. The smallest absolute Gasteiger partial charge is 0.162 e. The number of hydrogen-bond acceptors (Lipinski definition) is 1. The molecule has 0 radical (unpaired) electrons. The predicted octanol–water partition coefficient (Wildman–Crippen LogP) is 4.47. The molecule has 0 atom stereocenters. The molecule has 19 heavy (non-hydrogen) atoms. The lowest BCUT2D eigenvalue weighted by molar-refractivity contribution is 0.101. The number of halogens is 2. The molecule has 0 aliphatic carbocycles. The predicted molar refractivity (Wildman–Crippen MR) is 71.4 cm³/mol. The Balaban J connectivity index is 2.55. The molecule has 0 spiro atoms. The number of ketones is 1. The molecule has 0 unspecified atom stereocenters. The Morgan fingerprint density at radius 1 is 0.947 bits per heavy atom. The van der Waals surface area contributed by atoms with Crippen molar-refractivity contribution in [2.24, 2.45) is 0 Å². The molecular weight excluding hydrogens is 246 g/mol. The number of Topliss-reactive ketones (excluding diaryl/α,β-unsaturated/α-hetero) is 1. The van der Waals surface area contributed by atoms with Crippen molar-refractivity contribution in [3.05, 3.63) is 59.7 Å². The molecule has 0 aromatic heterocycles. The van der Waals surface area contributed by atoms with Gasteiger partial charge in [0.2, 0.25) is 0 Å². The quantitative estimate of drug-likeness (QED) is 0.463. The highest BCUT2D eigenvalue weighted by molar-refractivity contribution is 6.10. The second-order valence-corrected chi connectivity index (χ2v) is 4.51. The zero-order valence-electron chi connectivity index (χ0n) is 10.2. The molecule has 0 saturated carbocycles. The van der Waals surface area contributed by atoms with E-state index in [0.717, 1.165) is 5.39 Å². The lowest BCUT2D eigenvalue weighted by Crippen LogP contribution is -1.98. The van der Waals surface area contributed by atoms with Gasteiger partial charge in [0.15, 0.2) is 5.78 Å². The van der Waals surface area contributed by atoms with E-state index in [1.165, 1.54) is 25.1 Å². The van der Waals surface area contributed by atoms with Crippen LogP contribution >= 0.6 is 0 Å². The van der Waals surface area contributed by atoms with Gasteiger partial charge in [0, 0.05) is 5.39 Å². The van der Waals surface area contributed by atoms with Gasteiger partial charge >= 0.3 is 0 Å². The Morgan fingerprint density at radius 2 is 1.58 bits per heavy atom. The first-order valence-electron chi connectivity index (χ1n) is 5.89. The molecule has 3 aromatic carbocycles. The maximum absolute atomic E-state index is 14.4. The van der Waals surface area contributed by atoms with Crippen molar-refractivity contribution in [3.8, 4) is 0 Å². The van der Waals surface area contributed by atoms with Crippen molar-refractivity contribution in [2.45, 2.75) is 6.92 Å². The van der Waals surface area contributed by atoms with Crippen molar-refractivity contribution in [3.63, 3.8) is 0 Å². The van der Waals surface area contributed by atoms with Crippen LogP contribution in [0.4, 0.5) is 8.78 Å². The minimum atomic E-state index is -0.582. The van der Waals surface area contributed by atoms with Crippen LogP contribution in [0.3, 0.4) is 0 Å². The normalized spacial score (nSPS) is 11.1. The van der Waals surface area contributed by atoms with Gasteiger partial charge in [-0.25, -0.2) is 8.78 Å². The second kappa shape index (κ2) is 4.12. The minimum Gasteiger partial charge on any atom is -0.294 e. The average molecular weight is 256 g/mol. The first-order valence-corrected chi connectivity index (χ1v) is 5.89. The summed E-state index contributed by atoms with van der Waals surface area (Å²) in [6.07, 6.45) is 0. The summed E-state index contributed by atoms with van der Waals surface area (Å²) in [5.41, 5.74) is 0.0317. The van der Waals surface area contributed by atoms with Gasteiger partial charge in [-0.15, -0.1) is 0 Å². The molecule has 0 bridgehead atoms. The van der Waals surface area contributed by atoms with E-state index < -0.39 is 11.6 Å². The first kappa shape index (κ1) is 11.8. The Kier molecular flexibility index (Phi) is 2.56. The van der Waals surface area contributed by atoms with Gasteiger partial charge in [0.25, 0.3) is 0 Å². The number of carbonyl (C=O) groups is 1. The first-order chi connectivity index (χ1) is 9.08. The molecule has 3 rings (SSSR count). The van der Waals surface area contributed by atoms with Gasteiger partial charge in [-0.1, -0.05) is 24.3 Å². The molecule has 0 amide bonds. The van der Waals surface area contributed by atoms with Crippen LogP contribution in [0.15, 0.2) is 42.5 Å². The molecule has 0 aliphatic rings. The highest BCUT2D eigenvalue weighted by Gasteiger charge is 2.13. The third kappa shape index (κ3) is 1.78. The van der Waals surface area contributed by atoms with Crippen LogP contribution in [0.1, 0.15) is 17.3 Å². The van der Waals surface area contributed by atoms with Crippen LogP contribution in [0, 0.1) is 11.6 Å². The van der Waals surface area contributed by atoms with Crippen molar-refractivity contribution < 1.29 is 13.6 Å². The zero-order chi connectivity index (χ0) is 13.6. The average Bonchev–Trinajstić information content (AvgIpc) is 2.37. The van der Waals surface area contributed by atoms with Gasteiger partial charge < -0.3 is 0 Å². The van der Waals surface area contributed by atoms with Crippen LogP contribution < -0.4 is 0 Å². The Morgan fingerprint density at radius 3 is 2.32 bits per heavy atom. The molecule has 0 aliphatic heterocycles. The Labute approximate surface area is 108 Å². The Hall–Kier alpha value is -2.29. The van der Waals surface area contributed by atoms with Gasteiger partial charge in [0.05, 0.1) is 5.56 Å². The minimum absolute atomic E-state index is 0.0317. The summed E-state index contributed by atoms with van der Waals surface area (Å²) in [7, 11) is 0. The number of fused-ring (bicyclic) bond motifs is 3. The summed E-state index contributed by atoms with van der Waals surface area (Å²) < 4.78 is 27.8. The maximum atomic E-state index is 14.4. The molecule has 1 nitrogen and oxygen atoms in total. The number of rotatable bonds is 1. The van der Waals surface area contributed by atoms with Crippen molar-refractivity contribution in [1.29, 1.82) is 0 Å². The standard InChI is InChI=1S/C16H10F2O/c1-9(19)13-7-5-11-3-2-10-4-6-12(17)8-14(10)15(11)16(13)18/h2-8H,1H3. The summed E-state index contributed by atoms with van der Waals surface area (Å²) in [6.45, 7) is 1.32. The maximum Gasteiger partial charge on any atom is 0.162 e. The summed E-state index contributed by atoms with van der Waals surface area (Å²) in [6, 6.07) is 11.0. The van der Waals surface area contributed by atoms with E-state index >= 15 is 0 Å². The highest BCUT2D eigenvalue weighted by atomic mass is 19.1. The fourth-order valence-electron chi connectivity index (χ4n) is 2.35. The topological polar surface area (TPSA) is 17.1 Å². The summed E-state index contributed by atoms with van der Waals surface area (Å²) in [5, 5.41) is 2.18. The number of hydrogen-bond donors (Lipinski definition) is 0. The third-order valence-electron chi connectivity index (χ3n) is 3.28. The van der Waals surface area contributed by atoms with Crippen LogP contribution in [-0.4, -0.2) is 5.78 Å². The van der Waals surface area contributed by atoms with Crippen LogP contribution in [0.2, 0.25) is 0 Å². The molecule has 0 fully saturated rings. The van der Waals surface area contributed by atoms with Gasteiger partial charge in [0.1, 0.15) is 11.6 Å². The SMILES string of the molecule is CC(=O)c1ccc2ccc3ccc(F)cc3c2c1F. The molecule has 0 heterocycles. The van der Waals surface area contributed by atoms with Gasteiger partial charge in [-0.3, -0.25) is 4.79 Å². The van der Waals surface area contributed by atoms with E-state index in [-0.39, 0.29) is 11.3 Å². The summed E-state index contributed by atoms with van der Waals surface area (Å²) >= 11 is 0. The third-order valence-corrected chi connectivity index (χ3v) is 3.28. The van der Waals surface area contributed by atoms with E-state index in [2.05, 4.69) is 0 Å². The lowest BCUT2D eigenvalue weighted by Gasteiger charge is -2.08. The zero-order valence-corrected chi connectivity index (χ0v) is 10.2.